The summed E-state index contributed by atoms with van der Waals surface area (Å²) in [4.78, 5) is 31.0. The summed E-state index contributed by atoms with van der Waals surface area (Å²) in [5.41, 5.74) is 4.51. The number of amides is 2. The zero-order valence-corrected chi connectivity index (χ0v) is 17.3. The zero-order chi connectivity index (χ0) is 21.5. The van der Waals surface area contributed by atoms with Crippen LogP contribution in [0.4, 0.5) is 10.2 Å². The van der Waals surface area contributed by atoms with E-state index in [2.05, 4.69) is 4.98 Å². The standard InChI is InChI=1S/C24H23FN4O2/c1-2-21(30)29(24(31)16-5-6-16)20-14-17(11-12-26-20)22-19-4-3-13-28(19)27-23(22)15-7-9-18(25)10-8-15/h7-12,14,16H,2-6,13H2,1H3. The lowest BCUT2D eigenvalue weighted by Crippen LogP contribution is -2.38. The SMILES string of the molecule is CCC(=O)N(C(=O)C1CC1)c1cc(-c2c(-c3ccc(F)cc3)nn3c2CCC3)ccn1. The molecule has 31 heavy (non-hydrogen) atoms. The van der Waals surface area contributed by atoms with E-state index in [0.29, 0.717) is 5.82 Å². The Labute approximate surface area is 179 Å². The lowest BCUT2D eigenvalue weighted by molar-refractivity contribution is -0.127. The number of anilines is 1. The first-order chi connectivity index (χ1) is 15.1. The molecule has 6 nitrogen and oxygen atoms in total. The molecule has 1 fully saturated rings. The molecule has 1 aromatic carbocycles. The van der Waals surface area contributed by atoms with Gasteiger partial charge in [-0.1, -0.05) is 6.92 Å². The molecule has 1 saturated carbocycles. The smallest absolute Gasteiger partial charge is 0.238 e. The molecule has 2 aliphatic rings. The van der Waals surface area contributed by atoms with Crippen molar-refractivity contribution >= 4 is 17.6 Å². The van der Waals surface area contributed by atoms with E-state index in [1.807, 2.05) is 10.7 Å². The number of hydrogen-bond donors (Lipinski definition) is 0. The summed E-state index contributed by atoms with van der Waals surface area (Å²) in [6.07, 6.45) is 5.40. The third-order valence-corrected chi connectivity index (χ3v) is 5.92. The zero-order valence-electron chi connectivity index (χ0n) is 17.3. The summed E-state index contributed by atoms with van der Waals surface area (Å²) in [5, 5.41) is 4.79. The molecule has 1 aliphatic carbocycles. The molecule has 0 atom stereocenters. The van der Waals surface area contributed by atoms with E-state index in [4.69, 9.17) is 5.10 Å². The number of rotatable bonds is 5. The molecule has 0 radical (unpaired) electrons. The van der Waals surface area contributed by atoms with Gasteiger partial charge in [0.15, 0.2) is 0 Å². The molecule has 5 rings (SSSR count). The number of fused-ring (bicyclic) bond motifs is 1. The minimum atomic E-state index is -0.296. The van der Waals surface area contributed by atoms with Gasteiger partial charge in [-0.25, -0.2) is 14.3 Å². The fraction of sp³-hybridized carbons (Fsp3) is 0.333. The van der Waals surface area contributed by atoms with Gasteiger partial charge in [0.2, 0.25) is 11.8 Å². The van der Waals surface area contributed by atoms with Gasteiger partial charge in [0.1, 0.15) is 17.3 Å². The number of imide groups is 1. The minimum Gasteiger partial charge on any atom is -0.274 e. The summed E-state index contributed by atoms with van der Waals surface area (Å²) in [5.74, 6) is -0.452. The molecule has 2 amide bonds. The molecule has 3 aromatic rings. The fourth-order valence-electron chi connectivity index (χ4n) is 4.18. The monoisotopic (exact) mass is 418 g/mol. The minimum absolute atomic E-state index is 0.0869. The van der Waals surface area contributed by atoms with Crippen LogP contribution in [0.5, 0.6) is 0 Å². The number of hydrogen-bond acceptors (Lipinski definition) is 4. The number of aryl methyl sites for hydroxylation is 1. The largest absolute Gasteiger partial charge is 0.274 e. The number of nitrogens with zero attached hydrogens (tertiary/aromatic N) is 4. The summed E-state index contributed by atoms with van der Waals surface area (Å²) in [7, 11) is 0. The van der Waals surface area contributed by atoms with Gasteiger partial charge in [-0.15, -0.1) is 0 Å². The van der Waals surface area contributed by atoms with Gasteiger partial charge in [-0.3, -0.25) is 14.3 Å². The highest BCUT2D eigenvalue weighted by Crippen LogP contribution is 2.39. The first kappa shape index (κ1) is 19.6. The molecular weight excluding hydrogens is 395 g/mol. The van der Waals surface area contributed by atoms with Crippen molar-refractivity contribution in [1.29, 1.82) is 0 Å². The molecular formula is C24H23FN4O2. The Balaban J connectivity index is 1.62. The molecule has 0 N–H and O–H groups in total. The van der Waals surface area contributed by atoms with Gasteiger partial charge in [-0.2, -0.15) is 5.10 Å². The van der Waals surface area contributed by atoms with Gasteiger partial charge in [0.05, 0.1) is 0 Å². The van der Waals surface area contributed by atoms with Gasteiger partial charge in [0.25, 0.3) is 0 Å². The maximum absolute atomic E-state index is 13.5. The number of halogens is 1. The quantitative estimate of drug-likeness (QED) is 0.617. The Kier molecular flexibility index (Phi) is 4.88. The molecule has 3 heterocycles. The van der Waals surface area contributed by atoms with Crippen molar-refractivity contribution in [2.24, 2.45) is 5.92 Å². The van der Waals surface area contributed by atoms with Gasteiger partial charge in [-0.05, 0) is 67.6 Å². The van der Waals surface area contributed by atoms with E-state index in [1.165, 1.54) is 17.0 Å². The van der Waals surface area contributed by atoms with Crippen LogP contribution in [0, 0.1) is 11.7 Å². The summed E-state index contributed by atoms with van der Waals surface area (Å²) in [6, 6.07) is 9.99. The fourth-order valence-corrected chi connectivity index (χ4v) is 4.18. The van der Waals surface area contributed by atoms with Crippen LogP contribution in [0.25, 0.3) is 22.4 Å². The van der Waals surface area contributed by atoms with E-state index < -0.39 is 0 Å². The highest BCUT2D eigenvalue weighted by atomic mass is 19.1. The number of benzene rings is 1. The first-order valence-corrected chi connectivity index (χ1v) is 10.8. The number of pyridine rings is 1. The Morgan fingerprint density at radius 1 is 1.16 bits per heavy atom. The number of carbonyl (C=O) groups excluding carboxylic acids is 2. The van der Waals surface area contributed by atoms with Crippen LogP contribution < -0.4 is 4.90 Å². The van der Waals surface area contributed by atoms with Gasteiger partial charge < -0.3 is 0 Å². The average molecular weight is 418 g/mol. The van der Waals surface area contributed by atoms with Crippen LogP contribution in [0.15, 0.2) is 42.6 Å². The lowest BCUT2D eigenvalue weighted by atomic mass is 9.98. The van der Waals surface area contributed by atoms with Crippen LogP contribution >= 0.6 is 0 Å². The van der Waals surface area contributed by atoms with Crippen LogP contribution in [-0.2, 0) is 22.6 Å². The van der Waals surface area contributed by atoms with Crippen molar-refractivity contribution in [2.45, 2.75) is 45.6 Å². The predicted octanol–water partition coefficient (Wildman–Crippen LogP) is 4.38. The van der Waals surface area contributed by atoms with E-state index in [1.54, 1.807) is 31.3 Å². The van der Waals surface area contributed by atoms with E-state index in [0.717, 1.165) is 60.3 Å². The van der Waals surface area contributed by atoms with Crippen molar-refractivity contribution < 1.29 is 14.0 Å². The Hall–Kier alpha value is -3.35. The average Bonchev–Trinajstić information content (AvgIpc) is 3.43. The van der Waals surface area contributed by atoms with Gasteiger partial charge >= 0.3 is 0 Å². The molecule has 0 spiro atoms. The van der Waals surface area contributed by atoms with Crippen molar-refractivity contribution in [2.75, 3.05) is 4.90 Å². The maximum atomic E-state index is 13.5. The molecule has 158 valence electrons. The molecule has 0 bridgehead atoms. The highest BCUT2D eigenvalue weighted by Gasteiger charge is 2.37. The molecule has 1 aliphatic heterocycles. The summed E-state index contributed by atoms with van der Waals surface area (Å²) < 4.78 is 15.5. The molecule has 0 unspecified atom stereocenters. The van der Waals surface area contributed by atoms with Crippen LogP contribution in [0.1, 0.15) is 38.3 Å². The Morgan fingerprint density at radius 3 is 2.65 bits per heavy atom. The number of aromatic nitrogens is 3. The van der Waals surface area contributed by atoms with E-state index in [9.17, 15) is 14.0 Å². The van der Waals surface area contributed by atoms with Crippen LogP contribution in [0.3, 0.4) is 0 Å². The molecule has 7 heteroatoms. The maximum Gasteiger partial charge on any atom is 0.238 e. The van der Waals surface area contributed by atoms with Crippen molar-refractivity contribution in [1.82, 2.24) is 14.8 Å². The van der Waals surface area contributed by atoms with E-state index in [-0.39, 0.29) is 30.0 Å². The third kappa shape index (κ3) is 3.54. The second-order valence-electron chi connectivity index (χ2n) is 8.10. The van der Waals surface area contributed by atoms with Crippen molar-refractivity contribution in [3.8, 4) is 22.4 Å². The topological polar surface area (TPSA) is 68.1 Å². The highest BCUT2D eigenvalue weighted by molar-refractivity contribution is 6.15. The second-order valence-corrected chi connectivity index (χ2v) is 8.10. The Bertz CT molecular complexity index is 1160. The lowest BCUT2D eigenvalue weighted by Gasteiger charge is -2.20. The number of carbonyl (C=O) groups is 2. The molecule has 0 saturated heterocycles. The van der Waals surface area contributed by atoms with Crippen molar-refractivity contribution in [3.05, 3.63) is 54.1 Å². The first-order valence-electron chi connectivity index (χ1n) is 10.8. The van der Waals surface area contributed by atoms with E-state index >= 15 is 0 Å². The van der Waals surface area contributed by atoms with Crippen molar-refractivity contribution in [3.63, 3.8) is 0 Å². The Morgan fingerprint density at radius 2 is 1.94 bits per heavy atom. The van der Waals surface area contributed by atoms with Gasteiger partial charge in [0, 0.05) is 41.9 Å². The van der Waals surface area contributed by atoms with Crippen LogP contribution in [-0.4, -0.2) is 26.6 Å². The normalized spacial score (nSPS) is 15.0. The predicted molar refractivity (Wildman–Crippen MR) is 115 cm³/mol. The van der Waals surface area contributed by atoms with Crippen LogP contribution in [0.2, 0.25) is 0 Å². The second kappa shape index (κ2) is 7.72. The summed E-state index contributed by atoms with van der Waals surface area (Å²) >= 11 is 0. The summed E-state index contributed by atoms with van der Waals surface area (Å²) in [6.45, 7) is 2.58. The molecule has 2 aromatic heterocycles. The third-order valence-electron chi connectivity index (χ3n) is 5.92.